The second kappa shape index (κ2) is 9.21. The topological polar surface area (TPSA) is 143 Å². The molecule has 0 spiro atoms. The summed E-state index contributed by atoms with van der Waals surface area (Å²) in [5.74, 6) is 0.276. The van der Waals surface area contributed by atoms with Crippen LogP contribution in [0.25, 0.3) is 28.1 Å². The third kappa shape index (κ3) is 4.51. The quantitative estimate of drug-likeness (QED) is 0.328. The first kappa shape index (κ1) is 22.0. The lowest BCUT2D eigenvalue weighted by atomic mass is 10.1. The van der Waals surface area contributed by atoms with Crippen molar-refractivity contribution >= 4 is 17.1 Å². The standard InChI is InChI=1S/C24H22N8O3/c1-31-22-21(23(34)29-24(31)35)27-18(28-22)7-8-19(33)26-13-16-14-32(17-5-3-2-4-6-17)30-20(16)15-9-11-25-12-10-15/h2-6,9-12,14H,7-8,13H2,1H3,(H,26,33)(H,27,28)(H,29,34,35). The van der Waals surface area contributed by atoms with Gasteiger partial charge in [-0.2, -0.15) is 5.10 Å². The highest BCUT2D eigenvalue weighted by atomic mass is 16.2. The molecule has 0 fully saturated rings. The van der Waals surface area contributed by atoms with Crippen LogP contribution in [0.1, 0.15) is 17.8 Å². The van der Waals surface area contributed by atoms with Gasteiger partial charge in [0.2, 0.25) is 5.91 Å². The highest BCUT2D eigenvalue weighted by Gasteiger charge is 2.15. The Kier molecular flexibility index (Phi) is 5.80. The summed E-state index contributed by atoms with van der Waals surface area (Å²) in [6.45, 7) is 0.289. The van der Waals surface area contributed by atoms with E-state index in [9.17, 15) is 14.4 Å². The van der Waals surface area contributed by atoms with Gasteiger partial charge in [0.25, 0.3) is 5.56 Å². The second-order valence-corrected chi connectivity index (χ2v) is 8.00. The van der Waals surface area contributed by atoms with Crippen molar-refractivity contribution in [2.24, 2.45) is 7.05 Å². The van der Waals surface area contributed by atoms with E-state index < -0.39 is 11.2 Å². The number of aromatic amines is 2. The fourth-order valence-electron chi connectivity index (χ4n) is 3.79. The van der Waals surface area contributed by atoms with Crippen LogP contribution in [0, 0.1) is 0 Å². The molecule has 176 valence electrons. The summed E-state index contributed by atoms with van der Waals surface area (Å²) >= 11 is 0. The molecule has 0 saturated carbocycles. The van der Waals surface area contributed by atoms with Gasteiger partial charge in [-0.3, -0.25) is 24.1 Å². The number of aryl methyl sites for hydroxylation is 2. The minimum Gasteiger partial charge on any atom is -0.352 e. The number of benzene rings is 1. The smallest absolute Gasteiger partial charge is 0.329 e. The molecule has 0 atom stereocenters. The second-order valence-electron chi connectivity index (χ2n) is 8.00. The molecule has 5 aromatic rings. The Balaban J connectivity index is 1.31. The van der Waals surface area contributed by atoms with E-state index in [0.29, 0.717) is 5.82 Å². The molecule has 0 radical (unpaired) electrons. The molecule has 3 N–H and O–H groups in total. The first-order chi connectivity index (χ1) is 17.0. The van der Waals surface area contributed by atoms with Gasteiger partial charge in [-0.05, 0) is 24.3 Å². The zero-order valence-electron chi connectivity index (χ0n) is 18.9. The molecule has 4 aromatic heterocycles. The van der Waals surface area contributed by atoms with Gasteiger partial charge in [-0.25, -0.2) is 14.5 Å². The number of fused-ring (bicyclic) bond motifs is 1. The molecule has 35 heavy (non-hydrogen) atoms. The summed E-state index contributed by atoms with van der Waals surface area (Å²) < 4.78 is 3.04. The van der Waals surface area contributed by atoms with Gasteiger partial charge in [0, 0.05) is 56.2 Å². The lowest BCUT2D eigenvalue weighted by Gasteiger charge is -2.05. The van der Waals surface area contributed by atoms with Crippen LogP contribution in [-0.2, 0) is 24.8 Å². The molecule has 4 heterocycles. The number of carbonyl (C=O) groups is 1. The molecular weight excluding hydrogens is 448 g/mol. The van der Waals surface area contributed by atoms with Crippen molar-refractivity contribution in [3.8, 4) is 16.9 Å². The Bertz CT molecular complexity index is 1610. The predicted octanol–water partition coefficient (Wildman–Crippen LogP) is 1.45. The number of hydrogen-bond donors (Lipinski definition) is 3. The van der Waals surface area contributed by atoms with Crippen molar-refractivity contribution in [2.45, 2.75) is 19.4 Å². The normalized spacial score (nSPS) is 11.1. The largest absolute Gasteiger partial charge is 0.352 e. The van der Waals surface area contributed by atoms with Gasteiger partial charge in [0.05, 0.1) is 11.4 Å². The van der Waals surface area contributed by atoms with Crippen LogP contribution < -0.4 is 16.6 Å². The lowest BCUT2D eigenvalue weighted by Crippen LogP contribution is -2.28. The molecule has 5 rings (SSSR count). The molecule has 0 bridgehead atoms. The van der Waals surface area contributed by atoms with Crippen molar-refractivity contribution in [2.75, 3.05) is 0 Å². The minimum atomic E-state index is -0.542. The number of para-hydroxylation sites is 1. The Morgan fingerprint density at radius 3 is 2.60 bits per heavy atom. The highest BCUT2D eigenvalue weighted by molar-refractivity contribution is 5.77. The molecule has 0 unspecified atom stereocenters. The fourth-order valence-corrected chi connectivity index (χ4v) is 3.79. The van der Waals surface area contributed by atoms with E-state index in [2.05, 4.69) is 25.3 Å². The number of imidazole rings is 1. The van der Waals surface area contributed by atoms with Crippen molar-refractivity contribution in [3.05, 3.63) is 93.3 Å². The summed E-state index contributed by atoms with van der Waals surface area (Å²) in [6.07, 6.45) is 5.75. The fraction of sp³-hybridized carbons (Fsp3) is 0.167. The Hall–Kier alpha value is -4.80. The van der Waals surface area contributed by atoms with E-state index in [1.165, 1.54) is 11.6 Å². The lowest BCUT2D eigenvalue weighted by molar-refractivity contribution is -0.121. The summed E-state index contributed by atoms with van der Waals surface area (Å²) in [7, 11) is 1.52. The monoisotopic (exact) mass is 470 g/mol. The minimum absolute atomic E-state index is 0.156. The van der Waals surface area contributed by atoms with Gasteiger partial charge in [-0.15, -0.1) is 0 Å². The van der Waals surface area contributed by atoms with E-state index in [4.69, 9.17) is 5.10 Å². The van der Waals surface area contributed by atoms with E-state index in [0.717, 1.165) is 22.5 Å². The average Bonchev–Trinajstić information content (AvgIpc) is 3.51. The zero-order valence-corrected chi connectivity index (χ0v) is 18.9. The molecule has 11 nitrogen and oxygen atoms in total. The van der Waals surface area contributed by atoms with Crippen LogP contribution >= 0.6 is 0 Å². The van der Waals surface area contributed by atoms with E-state index in [1.807, 2.05) is 48.7 Å². The molecule has 1 aromatic carbocycles. The van der Waals surface area contributed by atoms with E-state index in [1.54, 1.807) is 17.1 Å². The number of aromatic nitrogens is 7. The summed E-state index contributed by atoms with van der Waals surface area (Å²) in [6, 6.07) is 13.5. The van der Waals surface area contributed by atoms with Crippen molar-refractivity contribution in [1.29, 1.82) is 0 Å². The van der Waals surface area contributed by atoms with Gasteiger partial charge in [0.1, 0.15) is 11.3 Å². The van der Waals surface area contributed by atoms with Crippen LogP contribution in [0.5, 0.6) is 0 Å². The molecule has 11 heteroatoms. The summed E-state index contributed by atoms with van der Waals surface area (Å²) in [5, 5.41) is 7.67. The third-order valence-corrected chi connectivity index (χ3v) is 5.63. The summed E-state index contributed by atoms with van der Waals surface area (Å²) in [5.41, 5.74) is 2.81. The van der Waals surface area contributed by atoms with E-state index >= 15 is 0 Å². The van der Waals surface area contributed by atoms with Crippen molar-refractivity contribution in [3.63, 3.8) is 0 Å². The van der Waals surface area contributed by atoms with E-state index in [-0.39, 0.29) is 36.5 Å². The zero-order chi connectivity index (χ0) is 24.4. The van der Waals surface area contributed by atoms with Gasteiger partial charge >= 0.3 is 5.69 Å². The van der Waals surface area contributed by atoms with Gasteiger partial charge < -0.3 is 10.3 Å². The number of rotatable bonds is 7. The predicted molar refractivity (Wildman–Crippen MR) is 129 cm³/mol. The van der Waals surface area contributed by atoms with Crippen LogP contribution in [0.15, 0.2) is 70.6 Å². The Morgan fingerprint density at radius 2 is 1.83 bits per heavy atom. The number of amides is 1. The molecular formula is C24H22N8O3. The van der Waals surface area contributed by atoms with Gasteiger partial charge in [-0.1, -0.05) is 18.2 Å². The molecule has 0 aliphatic rings. The number of nitrogens with zero attached hydrogens (tertiary/aromatic N) is 5. The van der Waals surface area contributed by atoms with Gasteiger partial charge in [0.15, 0.2) is 5.65 Å². The van der Waals surface area contributed by atoms with Crippen molar-refractivity contribution in [1.82, 2.24) is 39.6 Å². The number of pyridine rings is 1. The third-order valence-electron chi connectivity index (χ3n) is 5.63. The van der Waals surface area contributed by atoms with Crippen LogP contribution in [0.3, 0.4) is 0 Å². The van der Waals surface area contributed by atoms with Crippen LogP contribution in [0.2, 0.25) is 0 Å². The maximum Gasteiger partial charge on any atom is 0.329 e. The number of nitrogens with one attached hydrogen (secondary N) is 3. The first-order valence-electron chi connectivity index (χ1n) is 11.0. The number of carbonyl (C=O) groups excluding carboxylic acids is 1. The number of hydrogen-bond acceptors (Lipinski definition) is 6. The maximum absolute atomic E-state index is 12.6. The van der Waals surface area contributed by atoms with Crippen molar-refractivity contribution < 1.29 is 4.79 Å². The van der Waals surface area contributed by atoms with Crippen LogP contribution in [0.4, 0.5) is 0 Å². The van der Waals surface area contributed by atoms with Crippen LogP contribution in [-0.4, -0.2) is 40.2 Å². The highest BCUT2D eigenvalue weighted by Crippen LogP contribution is 2.23. The molecule has 1 amide bonds. The summed E-state index contributed by atoms with van der Waals surface area (Å²) in [4.78, 5) is 49.8. The number of H-pyrrole nitrogens is 2. The molecule has 0 aliphatic heterocycles. The Morgan fingerprint density at radius 1 is 1.06 bits per heavy atom. The maximum atomic E-state index is 12.6. The molecule has 0 saturated heterocycles. The first-order valence-corrected chi connectivity index (χ1v) is 11.0. The molecule has 0 aliphatic carbocycles. The average molecular weight is 470 g/mol. The Labute approximate surface area is 198 Å². The SMILES string of the molecule is Cn1c(=O)[nH]c(=O)c2[nH]c(CCC(=O)NCc3cn(-c4ccccc4)nc3-c3ccncc3)nc21.